The van der Waals surface area contributed by atoms with Gasteiger partial charge in [0.1, 0.15) is 5.75 Å². The van der Waals surface area contributed by atoms with E-state index in [1.54, 1.807) is 0 Å². The highest BCUT2D eigenvalue weighted by Gasteiger charge is 2.69. The van der Waals surface area contributed by atoms with Crippen molar-refractivity contribution in [1.29, 1.82) is 0 Å². The summed E-state index contributed by atoms with van der Waals surface area (Å²) in [5.41, 5.74) is 6.57. The Morgan fingerprint density at radius 2 is 2.12 bits per heavy atom. The number of halogens is 2. The topological polar surface area (TPSA) is 35.2 Å². The summed E-state index contributed by atoms with van der Waals surface area (Å²) in [5.74, 6) is -1.70. The second-order valence-electron chi connectivity index (χ2n) is 5.08. The lowest BCUT2D eigenvalue weighted by Gasteiger charge is -2.14. The molecule has 1 heterocycles. The number of ether oxygens (including phenoxy) is 1. The number of hydrogen-bond donors (Lipinski definition) is 1. The fourth-order valence-corrected chi connectivity index (χ4v) is 2.61. The van der Waals surface area contributed by atoms with Crippen LogP contribution in [-0.2, 0) is 12.8 Å². The molecule has 1 saturated carbocycles. The minimum absolute atomic E-state index is 0.0492. The second-order valence-corrected chi connectivity index (χ2v) is 5.08. The van der Waals surface area contributed by atoms with Gasteiger partial charge in [0.05, 0.1) is 12.0 Å². The molecule has 1 aromatic rings. The number of hydrogen-bond acceptors (Lipinski definition) is 2. The van der Waals surface area contributed by atoms with E-state index < -0.39 is 11.3 Å². The first kappa shape index (κ1) is 11.0. The van der Waals surface area contributed by atoms with Gasteiger partial charge in [-0.2, -0.15) is 0 Å². The fraction of sp³-hybridized carbons (Fsp3) is 0.538. The lowest BCUT2D eigenvalue weighted by molar-refractivity contribution is 0.0666. The van der Waals surface area contributed by atoms with Gasteiger partial charge < -0.3 is 10.5 Å². The molecule has 2 aliphatic rings. The third-order valence-corrected chi connectivity index (χ3v) is 3.90. The Morgan fingerprint density at radius 3 is 2.76 bits per heavy atom. The second kappa shape index (κ2) is 3.42. The predicted molar refractivity (Wildman–Crippen MR) is 60.4 cm³/mol. The molecule has 0 aromatic heterocycles. The average Bonchev–Trinajstić information content (AvgIpc) is 2.66. The van der Waals surface area contributed by atoms with Crippen molar-refractivity contribution >= 4 is 0 Å². The summed E-state index contributed by atoms with van der Waals surface area (Å²) in [6, 6.07) is 5.73. The minimum atomic E-state index is -2.59. The zero-order valence-electron chi connectivity index (χ0n) is 9.51. The van der Waals surface area contributed by atoms with E-state index in [0.29, 0.717) is 13.0 Å². The van der Waals surface area contributed by atoms with Crippen molar-refractivity contribution in [3.05, 3.63) is 29.3 Å². The van der Waals surface area contributed by atoms with Crippen molar-refractivity contribution < 1.29 is 13.5 Å². The lowest BCUT2D eigenvalue weighted by Crippen LogP contribution is -2.24. The average molecular weight is 239 g/mol. The normalized spacial score (nSPS) is 28.6. The van der Waals surface area contributed by atoms with Gasteiger partial charge in [0, 0.05) is 19.4 Å². The SMILES string of the molecule is NCC1(Cc2ccc3c(c2)CCO3)CC1(F)F. The summed E-state index contributed by atoms with van der Waals surface area (Å²) < 4.78 is 32.0. The summed E-state index contributed by atoms with van der Waals surface area (Å²) in [5, 5.41) is 0. The van der Waals surface area contributed by atoms with E-state index in [2.05, 4.69) is 0 Å². The van der Waals surface area contributed by atoms with Gasteiger partial charge in [-0.05, 0) is 23.6 Å². The van der Waals surface area contributed by atoms with Gasteiger partial charge in [-0.25, -0.2) is 8.78 Å². The van der Waals surface area contributed by atoms with Crippen LogP contribution in [0.15, 0.2) is 18.2 Å². The minimum Gasteiger partial charge on any atom is -0.493 e. The zero-order valence-corrected chi connectivity index (χ0v) is 9.51. The van der Waals surface area contributed by atoms with E-state index in [1.807, 2.05) is 18.2 Å². The smallest absolute Gasteiger partial charge is 0.256 e. The highest BCUT2D eigenvalue weighted by molar-refractivity contribution is 5.40. The molecule has 0 saturated heterocycles. The molecule has 1 fully saturated rings. The Kier molecular flexibility index (Phi) is 2.20. The monoisotopic (exact) mass is 239 g/mol. The zero-order chi connectivity index (χ0) is 12.1. The molecule has 4 heteroatoms. The molecule has 1 aromatic carbocycles. The number of rotatable bonds is 3. The van der Waals surface area contributed by atoms with E-state index in [9.17, 15) is 8.78 Å². The Labute approximate surface area is 98.8 Å². The van der Waals surface area contributed by atoms with Crippen molar-refractivity contribution in [3.63, 3.8) is 0 Å². The summed E-state index contributed by atoms with van der Waals surface area (Å²) in [7, 11) is 0. The maximum absolute atomic E-state index is 13.3. The summed E-state index contributed by atoms with van der Waals surface area (Å²) in [4.78, 5) is 0. The number of alkyl halides is 2. The molecule has 0 spiro atoms. The van der Waals surface area contributed by atoms with Crippen LogP contribution < -0.4 is 10.5 Å². The number of fused-ring (bicyclic) bond motifs is 1. The molecule has 0 amide bonds. The summed E-state index contributed by atoms with van der Waals surface area (Å²) >= 11 is 0. The van der Waals surface area contributed by atoms with Gasteiger partial charge in [-0.15, -0.1) is 0 Å². The summed E-state index contributed by atoms with van der Waals surface area (Å²) in [6.07, 6.45) is 1.16. The molecule has 1 aliphatic heterocycles. The van der Waals surface area contributed by atoms with E-state index in [1.165, 1.54) is 0 Å². The van der Waals surface area contributed by atoms with Gasteiger partial charge in [-0.1, -0.05) is 12.1 Å². The maximum Gasteiger partial charge on any atom is 0.256 e. The molecule has 2 N–H and O–H groups in total. The van der Waals surface area contributed by atoms with Crippen LogP contribution >= 0.6 is 0 Å². The first-order chi connectivity index (χ1) is 8.06. The van der Waals surface area contributed by atoms with Crippen LogP contribution in [0.5, 0.6) is 5.75 Å². The Balaban J connectivity index is 1.82. The van der Waals surface area contributed by atoms with Gasteiger partial charge >= 0.3 is 0 Å². The van der Waals surface area contributed by atoms with Crippen molar-refractivity contribution in [2.24, 2.45) is 11.1 Å². The fourth-order valence-electron chi connectivity index (χ4n) is 2.61. The van der Waals surface area contributed by atoms with E-state index >= 15 is 0 Å². The lowest BCUT2D eigenvalue weighted by atomic mass is 9.94. The molecule has 92 valence electrons. The van der Waals surface area contributed by atoms with Crippen LogP contribution in [0.2, 0.25) is 0 Å². The summed E-state index contributed by atoms with van der Waals surface area (Å²) in [6.45, 7) is 0.741. The quantitative estimate of drug-likeness (QED) is 0.877. The van der Waals surface area contributed by atoms with Gasteiger partial charge in [0.15, 0.2) is 0 Å². The van der Waals surface area contributed by atoms with Crippen LogP contribution in [0.3, 0.4) is 0 Å². The number of nitrogens with two attached hydrogens (primary N) is 1. The highest BCUT2D eigenvalue weighted by Crippen LogP contribution is 2.61. The third-order valence-electron chi connectivity index (χ3n) is 3.90. The van der Waals surface area contributed by atoms with Crippen LogP contribution in [0.25, 0.3) is 0 Å². The first-order valence-electron chi connectivity index (χ1n) is 5.89. The molecule has 0 radical (unpaired) electrons. The first-order valence-corrected chi connectivity index (χ1v) is 5.89. The van der Waals surface area contributed by atoms with Gasteiger partial charge in [0.2, 0.25) is 0 Å². The van der Waals surface area contributed by atoms with Crippen LogP contribution in [0.4, 0.5) is 8.78 Å². The van der Waals surface area contributed by atoms with Crippen molar-refractivity contribution in [1.82, 2.24) is 0 Å². The third kappa shape index (κ3) is 1.62. The van der Waals surface area contributed by atoms with Crippen molar-refractivity contribution in [2.45, 2.75) is 25.2 Å². The van der Waals surface area contributed by atoms with Gasteiger partial charge in [0.25, 0.3) is 5.92 Å². The Morgan fingerprint density at radius 1 is 1.35 bits per heavy atom. The largest absolute Gasteiger partial charge is 0.493 e. The van der Waals surface area contributed by atoms with Crippen LogP contribution in [-0.4, -0.2) is 19.1 Å². The molecule has 1 unspecified atom stereocenters. The van der Waals surface area contributed by atoms with Crippen LogP contribution in [0.1, 0.15) is 17.5 Å². The predicted octanol–water partition coefficient (Wildman–Crippen LogP) is 2.15. The highest BCUT2D eigenvalue weighted by atomic mass is 19.3. The standard InChI is InChI=1S/C13H15F2NO/c14-13(15)7-12(13,8-16)6-9-1-2-11-10(5-9)3-4-17-11/h1-2,5H,3-4,6-8,16H2. The molecule has 2 nitrogen and oxygen atoms in total. The van der Waals surface area contributed by atoms with Crippen LogP contribution in [0, 0.1) is 5.41 Å². The molecule has 17 heavy (non-hydrogen) atoms. The Bertz CT molecular complexity index is 461. The maximum atomic E-state index is 13.3. The van der Waals surface area contributed by atoms with E-state index in [-0.39, 0.29) is 13.0 Å². The molecule has 1 atom stereocenters. The van der Waals surface area contributed by atoms with Crippen molar-refractivity contribution in [3.8, 4) is 5.75 Å². The molecule has 1 aliphatic carbocycles. The Hall–Kier alpha value is -1.16. The van der Waals surface area contributed by atoms with Gasteiger partial charge in [-0.3, -0.25) is 0 Å². The molecule has 3 rings (SSSR count). The molecular weight excluding hydrogens is 224 g/mol. The van der Waals surface area contributed by atoms with E-state index in [0.717, 1.165) is 23.3 Å². The molecule has 0 bridgehead atoms. The van der Waals surface area contributed by atoms with Crippen molar-refractivity contribution in [2.75, 3.05) is 13.2 Å². The number of benzene rings is 1. The molecular formula is C13H15F2NO. The van der Waals surface area contributed by atoms with E-state index in [4.69, 9.17) is 10.5 Å².